The van der Waals surface area contributed by atoms with Crippen LogP contribution in [0.15, 0.2) is 58.8 Å². The molecule has 0 unspecified atom stereocenters. The molecule has 3 aromatic rings. The Bertz CT molecular complexity index is 1580. The van der Waals surface area contributed by atoms with Crippen LogP contribution in [0.25, 0.3) is 11.0 Å². The van der Waals surface area contributed by atoms with Crippen molar-refractivity contribution in [2.45, 2.75) is 31.2 Å². The molecule has 1 aromatic carbocycles. The number of anilines is 1. The molecule has 2 aliphatic rings. The number of alkyl halides is 3. The van der Waals surface area contributed by atoms with Crippen molar-refractivity contribution in [2.75, 3.05) is 50.8 Å². The van der Waals surface area contributed by atoms with Crippen molar-refractivity contribution in [3.05, 3.63) is 74.9 Å². The van der Waals surface area contributed by atoms with Crippen LogP contribution in [0, 0.1) is 0 Å². The van der Waals surface area contributed by atoms with Gasteiger partial charge in [0.15, 0.2) is 11.9 Å². The van der Waals surface area contributed by atoms with E-state index in [9.17, 15) is 22.8 Å². The normalized spacial score (nSPS) is 18.0. The second-order valence-corrected chi connectivity index (χ2v) is 10.6. The molecule has 4 heterocycles. The molecule has 0 amide bonds. The molecule has 2 aliphatic heterocycles. The Balaban J connectivity index is 0.000000323. The number of aromatic amines is 1. The Morgan fingerprint density at radius 2 is 1.78 bits per heavy atom. The van der Waals surface area contributed by atoms with Gasteiger partial charge in [0.25, 0.3) is 0 Å². The summed E-state index contributed by atoms with van der Waals surface area (Å²) in [6.07, 6.45) is -5.55. The molecular formula is C29H32ClF3N4O8. The average molecular weight is 657 g/mol. The molecule has 1 saturated heterocycles. The van der Waals surface area contributed by atoms with E-state index < -0.39 is 48.0 Å². The fourth-order valence-electron chi connectivity index (χ4n) is 4.80. The lowest BCUT2D eigenvalue weighted by Crippen LogP contribution is -2.47. The molecular weight excluding hydrogens is 625 g/mol. The van der Waals surface area contributed by atoms with Crippen molar-refractivity contribution in [2.24, 2.45) is 0 Å². The molecule has 0 bridgehead atoms. The number of benzene rings is 1. The highest BCUT2D eigenvalue weighted by Crippen LogP contribution is 2.41. The highest BCUT2D eigenvalue weighted by atomic mass is 35.5. The Morgan fingerprint density at radius 3 is 2.42 bits per heavy atom. The molecule has 0 spiro atoms. The van der Waals surface area contributed by atoms with E-state index in [2.05, 4.69) is 19.6 Å². The summed E-state index contributed by atoms with van der Waals surface area (Å²) in [4.78, 5) is 32.9. The van der Waals surface area contributed by atoms with Gasteiger partial charge in [0.1, 0.15) is 11.8 Å². The standard InChI is InChI=1S/C23H24ClF3N4O2.C6H8O6/c24-17-4-3-5-18(21(17)23(25,26)27)31-13-11-30(12-14-31)10-1-2-15-33-20-9-7-16-6-8-19(32)28-22(16)29-20;7-1-2(8)5-3(9)4(10)6(11)12-5/h3-9H,1-2,10-15H2,(H,28,29,32);2,5,7-10H,1H2/t;2-,5+/m.0/s1. The Hall–Kier alpha value is -4.05. The monoisotopic (exact) mass is 656 g/mol. The molecule has 12 nitrogen and oxygen atoms in total. The number of piperazine rings is 1. The van der Waals surface area contributed by atoms with E-state index in [0.29, 0.717) is 44.3 Å². The number of cyclic esters (lactones) is 1. The van der Waals surface area contributed by atoms with Crippen molar-refractivity contribution >= 4 is 34.3 Å². The number of aliphatic hydroxyl groups is 4. The number of nitrogens with zero attached hydrogens (tertiary/aromatic N) is 3. The number of esters is 1. The second kappa shape index (κ2) is 14.8. The van der Waals surface area contributed by atoms with E-state index in [4.69, 9.17) is 36.8 Å². The van der Waals surface area contributed by atoms with Gasteiger partial charge in [-0.15, -0.1) is 0 Å². The topological polar surface area (TPSA) is 169 Å². The Kier molecular flexibility index (Phi) is 11.1. The molecule has 5 N–H and O–H groups in total. The summed E-state index contributed by atoms with van der Waals surface area (Å²) in [5, 5.41) is 35.6. The van der Waals surface area contributed by atoms with Gasteiger partial charge in [-0.1, -0.05) is 17.7 Å². The van der Waals surface area contributed by atoms with Gasteiger partial charge in [0, 0.05) is 43.7 Å². The van der Waals surface area contributed by atoms with Crippen molar-refractivity contribution < 1.29 is 47.9 Å². The first kappa shape index (κ1) is 33.8. The predicted octanol–water partition coefficient (Wildman–Crippen LogP) is 3.17. The molecule has 5 rings (SSSR count). The van der Waals surface area contributed by atoms with Gasteiger partial charge in [-0.25, -0.2) is 4.79 Å². The van der Waals surface area contributed by atoms with Gasteiger partial charge in [0.2, 0.25) is 17.2 Å². The zero-order valence-corrected chi connectivity index (χ0v) is 24.6. The van der Waals surface area contributed by atoms with Crippen LogP contribution in [0.4, 0.5) is 18.9 Å². The largest absolute Gasteiger partial charge is 0.505 e. The molecule has 0 radical (unpaired) electrons. The summed E-state index contributed by atoms with van der Waals surface area (Å²) in [6, 6.07) is 11.1. The van der Waals surface area contributed by atoms with E-state index in [1.165, 1.54) is 18.2 Å². The minimum absolute atomic E-state index is 0.146. The first-order valence-corrected chi connectivity index (χ1v) is 14.3. The van der Waals surface area contributed by atoms with Crippen molar-refractivity contribution in [1.82, 2.24) is 14.9 Å². The zero-order valence-electron chi connectivity index (χ0n) is 23.8. The van der Waals surface area contributed by atoms with E-state index in [-0.39, 0.29) is 16.3 Å². The number of unbranched alkanes of at least 4 members (excludes halogenated alkanes) is 1. The highest BCUT2D eigenvalue weighted by Gasteiger charge is 2.39. The van der Waals surface area contributed by atoms with E-state index >= 15 is 0 Å². The summed E-state index contributed by atoms with van der Waals surface area (Å²) >= 11 is 5.85. The first-order chi connectivity index (χ1) is 21.4. The number of carbonyl (C=O) groups excluding carboxylic acids is 1. The van der Waals surface area contributed by atoms with E-state index in [0.717, 1.165) is 24.8 Å². The van der Waals surface area contributed by atoms with Crippen LogP contribution in [0.3, 0.4) is 0 Å². The quantitative estimate of drug-likeness (QED) is 0.169. The fourth-order valence-corrected chi connectivity index (χ4v) is 5.07. The number of H-pyrrole nitrogens is 1. The van der Waals surface area contributed by atoms with Crippen LogP contribution in [-0.4, -0.2) is 99.4 Å². The third-order valence-corrected chi connectivity index (χ3v) is 7.45. The van der Waals surface area contributed by atoms with Crippen LogP contribution in [0.5, 0.6) is 5.88 Å². The van der Waals surface area contributed by atoms with Gasteiger partial charge in [-0.3, -0.25) is 9.69 Å². The Morgan fingerprint density at radius 1 is 1.07 bits per heavy atom. The van der Waals surface area contributed by atoms with Crippen molar-refractivity contribution in [1.29, 1.82) is 0 Å². The SMILES string of the molecule is O=C1O[C@H]([C@@H](O)CO)C(O)=C1O.O=c1ccc2ccc(OCCCCN3CCN(c4cccc(Cl)c4C(F)(F)F)CC3)nc2[nH]1. The summed E-state index contributed by atoms with van der Waals surface area (Å²) in [6.45, 7) is 3.06. The number of fused-ring (bicyclic) bond motifs is 1. The van der Waals surface area contributed by atoms with E-state index in [1.807, 2.05) is 6.07 Å². The minimum Gasteiger partial charge on any atom is -0.505 e. The number of hydrogen-bond acceptors (Lipinski definition) is 11. The third-order valence-electron chi connectivity index (χ3n) is 7.14. The number of aromatic nitrogens is 2. The van der Waals surface area contributed by atoms with Gasteiger partial charge in [-0.2, -0.15) is 18.2 Å². The van der Waals surface area contributed by atoms with Crippen molar-refractivity contribution in [3.8, 4) is 5.88 Å². The maximum atomic E-state index is 13.4. The number of pyridine rings is 2. The number of ether oxygens (including phenoxy) is 2. The van der Waals surface area contributed by atoms with E-state index in [1.54, 1.807) is 23.1 Å². The molecule has 0 saturated carbocycles. The number of hydrogen-bond donors (Lipinski definition) is 5. The molecule has 2 aromatic heterocycles. The lowest BCUT2D eigenvalue weighted by Gasteiger charge is -2.37. The highest BCUT2D eigenvalue weighted by molar-refractivity contribution is 6.31. The summed E-state index contributed by atoms with van der Waals surface area (Å²) in [5.41, 5.74) is -0.334. The summed E-state index contributed by atoms with van der Waals surface area (Å²) in [7, 11) is 0. The third kappa shape index (κ3) is 8.57. The molecule has 45 heavy (non-hydrogen) atoms. The summed E-state index contributed by atoms with van der Waals surface area (Å²) < 4.78 is 50.3. The number of rotatable bonds is 9. The van der Waals surface area contributed by atoms with Gasteiger partial charge < -0.3 is 39.8 Å². The van der Waals surface area contributed by atoms with Gasteiger partial charge >= 0.3 is 12.1 Å². The smallest absolute Gasteiger partial charge is 0.419 e. The van der Waals surface area contributed by atoms with Crippen LogP contribution in [-0.2, 0) is 15.7 Å². The predicted molar refractivity (Wildman–Crippen MR) is 157 cm³/mol. The first-order valence-electron chi connectivity index (χ1n) is 14.0. The van der Waals surface area contributed by atoms with Crippen LogP contribution in [0.1, 0.15) is 18.4 Å². The summed E-state index contributed by atoms with van der Waals surface area (Å²) in [5.74, 6) is -2.32. The minimum atomic E-state index is -4.49. The van der Waals surface area contributed by atoms with Gasteiger partial charge in [-0.05, 0) is 43.7 Å². The van der Waals surface area contributed by atoms with Crippen molar-refractivity contribution in [3.63, 3.8) is 0 Å². The molecule has 0 aliphatic carbocycles. The fraction of sp³-hybridized carbons (Fsp3) is 0.414. The zero-order chi connectivity index (χ0) is 32.7. The Labute approximate surface area is 259 Å². The molecule has 244 valence electrons. The maximum absolute atomic E-state index is 13.4. The van der Waals surface area contributed by atoms with Gasteiger partial charge in [0.05, 0.1) is 29.5 Å². The van der Waals surface area contributed by atoms with Crippen LogP contribution >= 0.6 is 11.6 Å². The lowest BCUT2D eigenvalue weighted by molar-refractivity contribution is -0.147. The number of nitrogens with one attached hydrogen (secondary N) is 1. The van der Waals surface area contributed by atoms with Crippen LogP contribution in [0.2, 0.25) is 5.02 Å². The molecule has 16 heteroatoms. The number of aliphatic hydroxyl groups excluding tert-OH is 4. The second-order valence-electron chi connectivity index (χ2n) is 10.2. The molecule has 2 atom stereocenters. The average Bonchev–Trinajstić information content (AvgIpc) is 3.27. The number of halogens is 4. The maximum Gasteiger partial charge on any atom is 0.419 e. The van der Waals surface area contributed by atoms with Crippen LogP contribution < -0.4 is 15.2 Å². The molecule has 1 fully saturated rings. The number of carbonyl (C=O) groups is 1. The lowest BCUT2D eigenvalue weighted by atomic mass is 10.1.